The number of ether oxygens (including phenoxy) is 1. The Balaban J connectivity index is 0.00000161. The first-order valence-electron chi connectivity index (χ1n) is 6.39. The highest BCUT2D eigenvalue weighted by molar-refractivity contribution is 6.31. The van der Waals surface area contributed by atoms with Crippen LogP contribution in [0.25, 0.3) is 21.8 Å². The fraction of sp³-hybridized carbons (Fsp3) is 0.188. The van der Waals surface area contributed by atoms with Crippen molar-refractivity contribution < 1.29 is 9.53 Å². The molecule has 0 spiro atoms. The number of hydrogen-bond acceptors (Lipinski definition) is 2. The Kier molecular flexibility index (Phi) is 4.45. The number of rotatable bonds is 2. The smallest absolute Gasteiger partial charge is 0.312 e. The molecular weight excluding hydrogens is 309 g/mol. The highest BCUT2D eigenvalue weighted by atomic mass is 35.5. The monoisotopic (exact) mass is 323 g/mol. The lowest BCUT2D eigenvalue weighted by Crippen LogP contribution is -2.10. The van der Waals surface area contributed by atoms with Gasteiger partial charge in [-0.3, -0.25) is 4.79 Å². The summed E-state index contributed by atoms with van der Waals surface area (Å²) in [5, 5.41) is 2.90. The average Bonchev–Trinajstić information content (AvgIpc) is 2.82. The normalized spacial score (nSPS) is 12.1. The van der Waals surface area contributed by atoms with Crippen molar-refractivity contribution in [3.05, 3.63) is 47.0 Å². The van der Waals surface area contributed by atoms with E-state index in [4.69, 9.17) is 16.3 Å². The molecule has 5 heteroatoms. The largest absolute Gasteiger partial charge is 0.469 e. The molecule has 0 radical (unpaired) electrons. The summed E-state index contributed by atoms with van der Waals surface area (Å²) in [6.07, 6.45) is 0. The van der Waals surface area contributed by atoms with E-state index in [2.05, 4.69) is 4.98 Å². The Bertz CT molecular complexity index is 810. The predicted molar refractivity (Wildman–Crippen MR) is 88.5 cm³/mol. The van der Waals surface area contributed by atoms with Crippen LogP contribution in [0.5, 0.6) is 0 Å². The van der Waals surface area contributed by atoms with Crippen LogP contribution in [-0.2, 0) is 9.53 Å². The van der Waals surface area contributed by atoms with Crippen molar-refractivity contribution in [3.8, 4) is 0 Å². The van der Waals surface area contributed by atoms with E-state index in [0.717, 1.165) is 27.4 Å². The summed E-state index contributed by atoms with van der Waals surface area (Å²) < 4.78 is 4.79. The Morgan fingerprint density at radius 2 is 1.90 bits per heavy atom. The second kappa shape index (κ2) is 5.96. The first-order valence-corrected chi connectivity index (χ1v) is 6.76. The van der Waals surface area contributed by atoms with Crippen LogP contribution >= 0.6 is 24.0 Å². The Hall–Kier alpha value is -1.71. The Morgan fingerprint density at radius 3 is 2.62 bits per heavy atom. The van der Waals surface area contributed by atoms with Crippen molar-refractivity contribution >= 4 is 51.8 Å². The number of methoxy groups -OCH3 is 1. The maximum absolute atomic E-state index is 11.6. The molecule has 0 saturated heterocycles. The van der Waals surface area contributed by atoms with Crippen LogP contribution in [0.1, 0.15) is 18.4 Å². The van der Waals surface area contributed by atoms with Crippen LogP contribution in [0.3, 0.4) is 0 Å². The van der Waals surface area contributed by atoms with E-state index in [-0.39, 0.29) is 24.3 Å². The van der Waals surface area contributed by atoms with Crippen LogP contribution in [-0.4, -0.2) is 18.1 Å². The van der Waals surface area contributed by atoms with E-state index in [1.807, 2.05) is 43.3 Å². The third-order valence-corrected chi connectivity index (χ3v) is 3.87. The quantitative estimate of drug-likeness (QED) is 0.696. The highest BCUT2D eigenvalue weighted by Gasteiger charge is 2.16. The van der Waals surface area contributed by atoms with Gasteiger partial charge in [0.05, 0.1) is 13.0 Å². The molecule has 0 bridgehead atoms. The molecule has 0 aliphatic carbocycles. The zero-order valence-electron chi connectivity index (χ0n) is 11.6. The van der Waals surface area contributed by atoms with E-state index in [0.29, 0.717) is 5.02 Å². The number of aromatic amines is 1. The number of fused-ring (bicyclic) bond motifs is 3. The number of carbonyl (C=O) groups excluding carboxylic acids is 1. The van der Waals surface area contributed by atoms with Crippen molar-refractivity contribution in [1.29, 1.82) is 0 Å². The van der Waals surface area contributed by atoms with Gasteiger partial charge in [0.2, 0.25) is 0 Å². The third kappa shape index (κ3) is 2.71. The minimum absolute atomic E-state index is 0. The summed E-state index contributed by atoms with van der Waals surface area (Å²) in [4.78, 5) is 15.0. The molecule has 3 rings (SSSR count). The van der Waals surface area contributed by atoms with Crippen molar-refractivity contribution in [3.63, 3.8) is 0 Å². The van der Waals surface area contributed by atoms with Crippen LogP contribution in [0.2, 0.25) is 5.02 Å². The number of nitrogens with one attached hydrogen (secondary N) is 1. The number of aromatic nitrogens is 1. The molecule has 0 aliphatic rings. The zero-order valence-corrected chi connectivity index (χ0v) is 13.2. The average molecular weight is 324 g/mol. The predicted octanol–water partition coefficient (Wildman–Crippen LogP) is 4.67. The fourth-order valence-electron chi connectivity index (χ4n) is 2.48. The molecule has 1 atom stereocenters. The van der Waals surface area contributed by atoms with Gasteiger partial charge in [-0.05, 0) is 36.8 Å². The molecular formula is C16H15Cl2NO2. The molecule has 1 heterocycles. The van der Waals surface area contributed by atoms with Gasteiger partial charge in [0.1, 0.15) is 0 Å². The molecule has 0 aliphatic heterocycles. The summed E-state index contributed by atoms with van der Waals surface area (Å²) in [5.41, 5.74) is 2.96. The zero-order chi connectivity index (χ0) is 14.3. The van der Waals surface area contributed by atoms with Gasteiger partial charge in [0, 0.05) is 26.8 Å². The van der Waals surface area contributed by atoms with Crippen molar-refractivity contribution in [1.82, 2.24) is 4.98 Å². The van der Waals surface area contributed by atoms with Gasteiger partial charge in [-0.1, -0.05) is 23.7 Å². The van der Waals surface area contributed by atoms with E-state index < -0.39 is 0 Å². The van der Waals surface area contributed by atoms with Crippen LogP contribution in [0, 0.1) is 0 Å². The second-order valence-electron chi connectivity index (χ2n) is 4.86. The second-order valence-corrected chi connectivity index (χ2v) is 5.30. The molecule has 1 N–H and O–H groups in total. The molecule has 21 heavy (non-hydrogen) atoms. The van der Waals surface area contributed by atoms with Crippen molar-refractivity contribution in [2.45, 2.75) is 12.8 Å². The summed E-state index contributed by atoms with van der Waals surface area (Å²) in [7, 11) is 1.41. The summed E-state index contributed by atoms with van der Waals surface area (Å²) in [6, 6.07) is 11.7. The maximum Gasteiger partial charge on any atom is 0.312 e. The number of benzene rings is 2. The molecule has 1 unspecified atom stereocenters. The number of carbonyl (C=O) groups is 1. The highest BCUT2D eigenvalue weighted by Crippen LogP contribution is 2.30. The summed E-state index contributed by atoms with van der Waals surface area (Å²) >= 11 is 6.04. The number of esters is 1. The maximum atomic E-state index is 11.6. The van der Waals surface area contributed by atoms with E-state index in [1.54, 1.807) is 0 Å². The van der Waals surface area contributed by atoms with Crippen molar-refractivity contribution in [2.24, 2.45) is 0 Å². The van der Waals surface area contributed by atoms with E-state index >= 15 is 0 Å². The Morgan fingerprint density at radius 1 is 1.14 bits per heavy atom. The molecule has 3 nitrogen and oxygen atoms in total. The first-order chi connectivity index (χ1) is 9.60. The van der Waals surface area contributed by atoms with Crippen LogP contribution < -0.4 is 0 Å². The number of hydrogen-bond donors (Lipinski definition) is 1. The molecule has 0 fully saturated rings. The summed E-state index contributed by atoms with van der Waals surface area (Å²) in [6.45, 7) is 1.84. The lowest BCUT2D eigenvalue weighted by atomic mass is 10.00. The molecule has 2 aromatic carbocycles. The van der Waals surface area contributed by atoms with Crippen LogP contribution in [0.4, 0.5) is 0 Å². The van der Waals surface area contributed by atoms with Gasteiger partial charge in [0.15, 0.2) is 0 Å². The van der Waals surface area contributed by atoms with Gasteiger partial charge >= 0.3 is 5.97 Å². The van der Waals surface area contributed by atoms with E-state index in [1.165, 1.54) is 7.11 Å². The first kappa shape index (κ1) is 15.7. The fourth-order valence-corrected chi connectivity index (χ4v) is 2.65. The van der Waals surface area contributed by atoms with E-state index in [9.17, 15) is 4.79 Å². The standard InChI is InChI=1S/C16H14ClNO2.ClH/c1-9(16(19)20-2)10-3-5-12-13-8-11(17)4-6-14(13)18-15(12)7-10;/h3-9,18H,1-2H3;1H. The van der Waals surface area contributed by atoms with Gasteiger partial charge in [0.25, 0.3) is 0 Å². The number of halogens is 2. The molecule has 110 valence electrons. The van der Waals surface area contributed by atoms with Crippen LogP contribution in [0.15, 0.2) is 36.4 Å². The topological polar surface area (TPSA) is 42.1 Å². The number of H-pyrrole nitrogens is 1. The summed E-state index contributed by atoms with van der Waals surface area (Å²) in [5.74, 6) is -0.511. The lowest BCUT2D eigenvalue weighted by molar-refractivity contribution is -0.141. The molecule has 3 aromatic rings. The molecule has 1 aromatic heterocycles. The Labute approximate surface area is 133 Å². The third-order valence-electron chi connectivity index (χ3n) is 3.64. The SMILES string of the molecule is COC(=O)C(C)c1ccc2c(c1)[nH]c1ccc(Cl)cc12.Cl. The molecule has 0 amide bonds. The van der Waals surface area contributed by atoms with Gasteiger partial charge in [-0.25, -0.2) is 0 Å². The minimum Gasteiger partial charge on any atom is -0.469 e. The van der Waals surface area contributed by atoms with Gasteiger partial charge in [-0.2, -0.15) is 0 Å². The van der Waals surface area contributed by atoms with Crippen molar-refractivity contribution in [2.75, 3.05) is 7.11 Å². The van der Waals surface area contributed by atoms with Gasteiger partial charge < -0.3 is 9.72 Å². The molecule has 0 saturated carbocycles. The van der Waals surface area contributed by atoms with Gasteiger partial charge in [-0.15, -0.1) is 12.4 Å². The minimum atomic E-state index is -0.278. The lowest BCUT2D eigenvalue weighted by Gasteiger charge is -2.09.